The van der Waals surface area contributed by atoms with Crippen molar-refractivity contribution in [2.24, 2.45) is 5.73 Å². The van der Waals surface area contributed by atoms with Crippen LogP contribution in [0, 0.1) is 17.7 Å². The summed E-state index contributed by atoms with van der Waals surface area (Å²) in [6.45, 7) is 1.18. The smallest absolute Gasteiger partial charge is 0.269 e. The number of methoxy groups -OCH3 is 1. The number of primary amides is 1. The number of halogens is 1. The van der Waals surface area contributed by atoms with Crippen LogP contribution in [-0.2, 0) is 9.53 Å². The van der Waals surface area contributed by atoms with Crippen LogP contribution in [0.5, 0.6) is 0 Å². The van der Waals surface area contributed by atoms with Crippen LogP contribution in [-0.4, -0.2) is 71.2 Å². The SMILES string of the molecule is COCCNc1cnc(-c2cc(C#C[C@]3(O)CCN(C)C3=O)ccc2F)nc1C(N)=O. The van der Waals surface area contributed by atoms with E-state index < -0.39 is 23.2 Å². The molecule has 9 nitrogen and oxygen atoms in total. The lowest BCUT2D eigenvalue weighted by molar-refractivity contribution is -0.137. The van der Waals surface area contributed by atoms with Gasteiger partial charge in [0.05, 0.1) is 24.1 Å². The summed E-state index contributed by atoms with van der Waals surface area (Å²) >= 11 is 0. The molecule has 1 atom stereocenters. The van der Waals surface area contributed by atoms with E-state index in [0.29, 0.717) is 30.9 Å². The summed E-state index contributed by atoms with van der Waals surface area (Å²) in [5.41, 5.74) is 4.20. The Bertz CT molecular complexity index is 1080. The van der Waals surface area contributed by atoms with Gasteiger partial charge < -0.3 is 25.8 Å². The second kappa shape index (κ2) is 9.07. The van der Waals surface area contributed by atoms with Crippen molar-refractivity contribution >= 4 is 17.5 Å². The van der Waals surface area contributed by atoms with Crippen molar-refractivity contribution < 1.29 is 23.8 Å². The van der Waals surface area contributed by atoms with Gasteiger partial charge in [0.15, 0.2) is 11.5 Å². The first-order valence-electron chi connectivity index (χ1n) is 9.46. The lowest BCUT2D eigenvalue weighted by Gasteiger charge is -2.13. The highest BCUT2D eigenvalue weighted by atomic mass is 19.1. The molecule has 0 aliphatic carbocycles. The molecular formula is C21H22FN5O4. The van der Waals surface area contributed by atoms with Gasteiger partial charge in [0.1, 0.15) is 5.82 Å². The maximum Gasteiger partial charge on any atom is 0.269 e. The fourth-order valence-corrected chi connectivity index (χ4v) is 3.04. The fourth-order valence-electron chi connectivity index (χ4n) is 3.04. The Kier molecular flexibility index (Phi) is 6.48. The molecule has 1 aliphatic rings. The molecule has 4 N–H and O–H groups in total. The van der Waals surface area contributed by atoms with Gasteiger partial charge in [-0.1, -0.05) is 11.8 Å². The highest BCUT2D eigenvalue weighted by molar-refractivity contribution is 5.96. The molecule has 162 valence electrons. The number of likely N-dealkylation sites (N-methyl/N-ethyl adjacent to an activating group) is 1. The Balaban J connectivity index is 1.94. The highest BCUT2D eigenvalue weighted by Crippen LogP contribution is 2.24. The Hall–Kier alpha value is -3.55. The molecule has 0 bridgehead atoms. The number of benzene rings is 1. The summed E-state index contributed by atoms with van der Waals surface area (Å²) in [5, 5.41) is 13.4. The van der Waals surface area contributed by atoms with Crippen molar-refractivity contribution in [2.75, 3.05) is 39.2 Å². The number of nitrogens with zero attached hydrogens (tertiary/aromatic N) is 3. The molecule has 1 fully saturated rings. The van der Waals surface area contributed by atoms with E-state index in [9.17, 15) is 19.1 Å². The van der Waals surface area contributed by atoms with Crippen LogP contribution >= 0.6 is 0 Å². The number of nitrogens with two attached hydrogens (primary N) is 1. The standard InChI is InChI=1S/C21H22FN5O4/c1-27-9-7-21(30,20(27)29)6-5-13-3-4-15(22)14(11-13)19-25-12-16(24-8-10-31-2)17(26-19)18(23)28/h3-4,11-12,24,30H,7-10H2,1-2H3,(H2,23,28)/t21-/m0/s1. The normalized spacial score (nSPS) is 17.9. The van der Waals surface area contributed by atoms with E-state index in [0.717, 1.165) is 0 Å². The number of hydrogen-bond acceptors (Lipinski definition) is 7. The molecule has 1 aromatic carbocycles. The number of carbonyl (C=O) groups excluding carboxylic acids is 2. The number of rotatable bonds is 6. The van der Waals surface area contributed by atoms with Crippen LogP contribution in [0.25, 0.3) is 11.4 Å². The Morgan fingerprint density at radius 2 is 2.26 bits per heavy atom. The molecule has 2 aromatic rings. The number of likely N-dealkylation sites (tertiary alicyclic amines) is 1. The summed E-state index contributed by atoms with van der Waals surface area (Å²) in [4.78, 5) is 33.5. The van der Waals surface area contributed by atoms with Gasteiger partial charge in [0.2, 0.25) is 5.60 Å². The number of ether oxygens (including phenoxy) is 1. The molecule has 2 heterocycles. The van der Waals surface area contributed by atoms with Crippen LogP contribution in [0.4, 0.5) is 10.1 Å². The zero-order chi connectivity index (χ0) is 22.6. The number of hydrogen-bond donors (Lipinski definition) is 3. The quantitative estimate of drug-likeness (QED) is 0.449. The summed E-state index contributed by atoms with van der Waals surface area (Å²) in [7, 11) is 3.12. The van der Waals surface area contributed by atoms with Crippen molar-refractivity contribution in [1.82, 2.24) is 14.9 Å². The molecule has 31 heavy (non-hydrogen) atoms. The summed E-state index contributed by atoms with van der Waals surface area (Å²) < 4.78 is 19.4. The Morgan fingerprint density at radius 1 is 1.48 bits per heavy atom. The zero-order valence-electron chi connectivity index (χ0n) is 17.1. The van der Waals surface area contributed by atoms with Crippen LogP contribution in [0.2, 0.25) is 0 Å². The highest BCUT2D eigenvalue weighted by Gasteiger charge is 2.42. The second-order valence-corrected chi connectivity index (χ2v) is 7.02. The van der Waals surface area contributed by atoms with Gasteiger partial charge in [-0.3, -0.25) is 9.59 Å². The van der Waals surface area contributed by atoms with Gasteiger partial charge in [-0.15, -0.1) is 0 Å². The number of anilines is 1. The van der Waals surface area contributed by atoms with Crippen LogP contribution < -0.4 is 11.1 Å². The molecule has 3 rings (SSSR count). The molecule has 0 radical (unpaired) electrons. The first-order valence-corrected chi connectivity index (χ1v) is 9.46. The number of amides is 2. The predicted octanol–water partition coefficient (Wildman–Crippen LogP) is 0.385. The molecule has 2 amide bonds. The Labute approximate surface area is 178 Å². The minimum atomic E-state index is -1.77. The monoisotopic (exact) mass is 427 g/mol. The minimum Gasteiger partial charge on any atom is -0.383 e. The molecule has 10 heteroatoms. The number of aromatic nitrogens is 2. The predicted molar refractivity (Wildman–Crippen MR) is 110 cm³/mol. The van der Waals surface area contributed by atoms with Crippen molar-refractivity contribution in [3.05, 3.63) is 41.5 Å². The van der Waals surface area contributed by atoms with Gasteiger partial charge in [-0.25, -0.2) is 14.4 Å². The molecule has 1 aliphatic heterocycles. The average molecular weight is 427 g/mol. The molecular weight excluding hydrogens is 405 g/mol. The van der Waals surface area contributed by atoms with Crippen molar-refractivity contribution in [1.29, 1.82) is 0 Å². The molecule has 0 spiro atoms. The van der Waals surface area contributed by atoms with E-state index in [2.05, 4.69) is 27.1 Å². The topological polar surface area (TPSA) is 131 Å². The molecule has 0 unspecified atom stereocenters. The largest absolute Gasteiger partial charge is 0.383 e. The number of nitrogens with one attached hydrogen (secondary N) is 1. The van der Waals surface area contributed by atoms with Gasteiger partial charge in [-0.2, -0.15) is 0 Å². The van der Waals surface area contributed by atoms with E-state index >= 15 is 0 Å². The van der Waals surface area contributed by atoms with Gasteiger partial charge in [-0.05, 0) is 18.2 Å². The van der Waals surface area contributed by atoms with Crippen LogP contribution in [0.3, 0.4) is 0 Å². The van der Waals surface area contributed by atoms with E-state index in [1.165, 1.54) is 36.4 Å². The third-order valence-electron chi connectivity index (χ3n) is 4.77. The minimum absolute atomic E-state index is 0.000372. The van der Waals surface area contributed by atoms with Gasteiger partial charge >= 0.3 is 0 Å². The van der Waals surface area contributed by atoms with E-state index in [-0.39, 0.29) is 23.5 Å². The fraction of sp³-hybridized carbons (Fsp3) is 0.333. The van der Waals surface area contributed by atoms with E-state index in [1.807, 2.05) is 0 Å². The van der Waals surface area contributed by atoms with Crippen molar-refractivity contribution in [3.8, 4) is 23.2 Å². The number of aliphatic hydroxyl groups is 1. The van der Waals surface area contributed by atoms with Crippen LogP contribution in [0.1, 0.15) is 22.5 Å². The Morgan fingerprint density at radius 3 is 2.90 bits per heavy atom. The average Bonchev–Trinajstić information content (AvgIpc) is 3.01. The van der Waals surface area contributed by atoms with Crippen molar-refractivity contribution in [2.45, 2.75) is 12.0 Å². The van der Waals surface area contributed by atoms with Gasteiger partial charge in [0.25, 0.3) is 11.8 Å². The maximum atomic E-state index is 14.5. The summed E-state index contributed by atoms with van der Waals surface area (Å²) in [6.07, 6.45) is 1.53. The zero-order valence-corrected chi connectivity index (χ0v) is 17.1. The molecule has 1 aromatic heterocycles. The molecule has 0 saturated carbocycles. The summed E-state index contributed by atoms with van der Waals surface area (Å²) in [5.74, 6) is 3.33. The third kappa shape index (κ3) is 4.79. The first kappa shape index (κ1) is 22.1. The number of carbonyl (C=O) groups is 2. The second-order valence-electron chi connectivity index (χ2n) is 7.02. The van der Waals surface area contributed by atoms with E-state index in [4.69, 9.17) is 10.5 Å². The molecule has 1 saturated heterocycles. The lowest BCUT2D eigenvalue weighted by atomic mass is 10.0. The summed E-state index contributed by atoms with van der Waals surface area (Å²) in [6, 6.07) is 3.96. The first-order chi connectivity index (χ1) is 14.7. The maximum absolute atomic E-state index is 14.5. The third-order valence-corrected chi connectivity index (χ3v) is 4.77. The van der Waals surface area contributed by atoms with E-state index in [1.54, 1.807) is 7.05 Å². The van der Waals surface area contributed by atoms with Crippen molar-refractivity contribution in [3.63, 3.8) is 0 Å². The van der Waals surface area contributed by atoms with Gasteiger partial charge in [0, 0.05) is 39.2 Å². The lowest BCUT2D eigenvalue weighted by Crippen LogP contribution is -2.37. The van der Waals surface area contributed by atoms with Crippen LogP contribution in [0.15, 0.2) is 24.4 Å².